The van der Waals surface area contributed by atoms with Crippen LogP contribution in [0.2, 0.25) is 0 Å². The number of nitrogens with zero attached hydrogens (tertiary/aromatic N) is 4. The molecule has 0 aliphatic carbocycles. The van der Waals surface area contributed by atoms with Gasteiger partial charge in [-0.05, 0) is 184 Å². The van der Waals surface area contributed by atoms with Crippen molar-refractivity contribution in [1.82, 2.24) is 14.1 Å². The summed E-state index contributed by atoms with van der Waals surface area (Å²) in [5, 5.41) is 2.07. The van der Waals surface area contributed by atoms with E-state index in [1.807, 2.05) is 95.7 Å². The van der Waals surface area contributed by atoms with Gasteiger partial charge in [0, 0.05) is 23.0 Å². The quantitative estimate of drug-likeness (QED) is 0.112. The highest BCUT2D eigenvalue weighted by Crippen LogP contribution is 2.48. The average Bonchev–Trinajstić information content (AvgIpc) is 1.48. The maximum atomic E-state index is 10.4. The number of hydrogen-bond acceptors (Lipinski definition) is 2. The summed E-state index contributed by atoms with van der Waals surface area (Å²) >= 11 is 0. The number of aromatic nitrogens is 4. The number of fused-ring (bicyclic) bond motifs is 10. The third kappa shape index (κ3) is 9.92. The minimum Gasteiger partial charge on any atom is -0.458 e. The molecule has 0 bridgehead atoms. The van der Waals surface area contributed by atoms with Crippen molar-refractivity contribution in [3.05, 3.63) is 284 Å². The van der Waals surface area contributed by atoms with Crippen molar-refractivity contribution in [3.8, 4) is 107 Å². The Morgan fingerprint density at radius 3 is 1.58 bits per heavy atom. The minimum atomic E-state index is -0.747. The third-order valence-corrected chi connectivity index (χ3v) is 17.1. The van der Waals surface area contributed by atoms with Gasteiger partial charge in [0.25, 0.3) is 6.33 Å². The van der Waals surface area contributed by atoms with E-state index in [1.165, 1.54) is 0 Å². The van der Waals surface area contributed by atoms with Crippen LogP contribution in [-0.4, -0.2) is 14.1 Å². The molecule has 5 heteroatoms. The molecule has 0 amide bonds. The van der Waals surface area contributed by atoms with Gasteiger partial charge in [-0.25, -0.2) is 4.98 Å². The molecule has 0 N–H and O–H groups in total. The van der Waals surface area contributed by atoms with E-state index in [9.17, 15) is 9.60 Å². The van der Waals surface area contributed by atoms with E-state index in [4.69, 9.17) is 17.9 Å². The normalized spacial score (nSPS) is 14.4. The zero-order chi connectivity index (χ0) is 72.2. The van der Waals surface area contributed by atoms with Gasteiger partial charge in [0.05, 0.1) is 51.3 Å². The molecule has 11 aromatic carbocycles. The van der Waals surface area contributed by atoms with Crippen LogP contribution in [0, 0.1) is 6.33 Å². The van der Waals surface area contributed by atoms with E-state index in [0.29, 0.717) is 33.8 Å². The Bertz CT molecular complexity index is 5740. The molecular formula is C84H70N4O. The molecule has 0 saturated heterocycles. The Morgan fingerprint density at radius 1 is 0.404 bits per heavy atom. The van der Waals surface area contributed by atoms with E-state index in [1.54, 1.807) is 6.07 Å². The van der Waals surface area contributed by atoms with Gasteiger partial charge in [0.2, 0.25) is 0 Å². The first-order chi connectivity index (χ1) is 48.4. The SMILES string of the molecule is [2H]c1c([2H])c([2H])c(-c2c([2H])c(-c3cc4c5c(c3)n(-c3cccc(Oc6ccc7c8ccccc8n(-c8cc(C(C)(C)C)ccn8)c7c6)c3)[c-][n+]5-c3c(-c5cc(C(C)(C)C)cc(C(C)(C)C)c5)cccc3-c3ccccc3-c3ccccc3-4)c([2H])c(-c3c([2H])c([2H])c([2H])c([2H])c3[2H])c2[2H])c([2H])c1[2H]. The van der Waals surface area contributed by atoms with Crippen LogP contribution in [0.15, 0.2) is 261 Å². The summed E-state index contributed by atoms with van der Waals surface area (Å²) in [7, 11) is 0. The van der Waals surface area contributed by atoms with Crippen LogP contribution in [0.1, 0.15) is 96.8 Å². The fourth-order valence-corrected chi connectivity index (χ4v) is 12.4. The standard InChI is InChI=1S/C84H70N4O/c1-82(2,3)61-40-41-85-79(50-61)88-76-37-21-20-34-72(76)73-39-38-66(52-77(73)88)89-65-29-22-28-64(51-65)86-53-87-80-67(60-45-62(83(4,5)6)49-63(46-60)84(7,8)9)35-23-36-74(80)70-32-18-16-30-68(70)69-31-17-19-33-71(69)75-47-59(48-78(86)81(75)87)58-43-56(54-24-12-10-13-25-54)42-57(44-58)55-26-14-11-15-27-55/h10-52H,1-9H3/i10D,11D,12D,13D,14D,15D,24D,25D,26D,27D,42D,43D,44D. The summed E-state index contributed by atoms with van der Waals surface area (Å²) < 4.78 is 134. The number of hydrogen-bond donors (Lipinski definition) is 0. The number of ether oxygens (including phenoxy) is 1. The third-order valence-electron chi connectivity index (χ3n) is 17.1. The fraction of sp³-hybridized carbons (Fsp3) is 0.143. The minimum absolute atomic E-state index is 0.142. The van der Waals surface area contributed by atoms with Gasteiger partial charge in [-0.1, -0.05) is 238 Å². The van der Waals surface area contributed by atoms with Crippen molar-refractivity contribution < 1.29 is 27.1 Å². The molecule has 15 rings (SSSR count). The first kappa shape index (κ1) is 42.5. The molecule has 0 fully saturated rings. The van der Waals surface area contributed by atoms with Crippen LogP contribution in [0.5, 0.6) is 11.5 Å². The van der Waals surface area contributed by atoms with Gasteiger partial charge >= 0.3 is 0 Å². The van der Waals surface area contributed by atoms with Crippen LogP contribution in [0.3, 0.4) is 0 Å². The second kappa shape index (κ2) is 21.2. The molecule has 0 radical (unpaired) electrons. The van der Waals surface area contributed by atoms with E-state index < -0.39 is 101 Å². The van der Waals surface area contributed by atoms with Crippen molar-refractivity contribution in [3.63, 3.8) is 0 Å². The number of rotatable bonds is 8. The van der Waals surface area contributed by atoms with Gasteiger partial charge in [-0.3, -0.25) is 13.7 Å². The summed E-state index contributed by atoms with van der Waals surface area (Å²) in [5.41, 5.74) is 11.7. The molecule has 1 aliphatic rings. The second-order valence-corrected chi connectivity index (χ2v) is 26.0. The lowest BCUT2D eigenvalue weighted by Gasteiger charge is -2.27. The molecule has 0 spiro atoms. The molecule has 1 aliphatic heterocycles. The Morgan fingerprint density at radius 2 is 0.944 bits per heavy atom. The van der Waals surface area contributed by atoms with Crippen LogP contribution < -0.4 is 9.30 Å². The number of para-hydroxylation sites is 2. The summed E-state index contributed by atoms with van der Waals surface area (Å²) in [6.07, 6.45) is 5.77. The van der Waals surface area contributed by atoms with E-state index in [2.05, 4.69) is 163 Å². The first-order valence-electron chi connectivity index (χ1n) is 36.5. The van der Waals surface area contributed by atoms with Crippen LogP contribution in [-0.2, 0) is 16.2 Å². The van der Waals surface area contributed by atoms with Crippen LogP contribution >= 0.6 is 0 Å². The van der Waals surface area contributed by atoms with Crippen LogP contribution in [0.25, 0.3) is 128 Å². The first-order valence-corrected chi connectivity index (χ1v) is 30.0. The van der Waals surface area contributed by atoms with E-state index >= 15 is 0 Å². The van der Waals surface area contributed by atoms with E-state index in [0.717, 1.165) is 88.9 Å². The Balaban J connectivity index is 1.06. The maximum Gasteiger partial charge on any atom is 0.269 e. The lowest BCUT2D eigenvalue weighted by molar-refractivity contribution is -0.570. The van der Waals surface area contributed by atoms with Gasteiger partial charge in [-0.15, -0.1) is 0 Å². The number of imidazole rings is 1. The second-order valence-electron chi connectivity index (χ2n) is 26.0. The molecule has 0 atom stereocenters. The summed E-state index contributed by atoms with van der Waals surface area (Å²) in [6, 6.07) is 49.9. The Labute approximate surface area is 540 Å². The molecule has 5 nitrogen and oxygen atoms in total. The lowest BCUT2D eigenvalue weighted by atomic mass is 9.78. The molecule has 432 valence electrons. The topological polar surface area (TPSA) is 35.9 Å². The van der Waals surface area contributed by atoms with E-state index in [-0.39, 0.29) is 27.4 Å². The lowest BCUT2D eigenvalue weighted by Crippen LogP contribution is -2.32. The average molecular weight is 1160 g/mol. The van der Waals surface area contributed by atoms with Gasteiger partial charge in [0.1, 0.15) is 17.3 Å². The molecule has 14 aromatic rings. The molecule has 0 saturated carbocycles. The number of pyridine rings is 1. The smallest absolute Gasteiger partial charge is 0.269 e. The molecule has 4 heterocycles. The van der Waals surface area contributed by atoms with Gasteiger partial charge < -0.3 is 4.74 Å². The molecule has 3 aromatic heterocycles. The highest BCUT2D eigenvalue weighted by atomic mass is 16.5. The highest BCUT2D eigenvalue weighted by Gasteiger charge is 2.30. The predicted molar refractivity (Wildman–Crippen MR) is 370 cm³/mol. The largest absolute Gasteiger partial charge is 0.458 e. The summed E-state index contributed by atoms with van der Waals surface area (Å²) in [5.74, 6) is 1.78. The molecular weight excluding hydrogens is 1080 g/mol. The van der Waals surface area contributed by atoms with Crippen molar-refractivity contribution in [2.45, 2.75) is 78.6 Å². The molecule has 89 heavy (non-hydrogen) atoms. The van der Waals surface area contributed by atoms with Gasteiger partial charge in [-0.2, -0.15) is 0 Å². The monoisotopic (exact) mass is 1160 g/mol. The van der Waals surface area contributed by atoms with Crippen molar-refractivity contribution in [2.75, 3.05) is 0 Å². The van der Waals surface area contributed by atoms with Crippen molar-refractivity contribution in [1.29, 1.82) is 0 Å². The zero-order valence-electron chi connectivity index (χ0n) is 64.0. The molecule has 0 unspecified atom stereocenters. The fourth-order valence-electron chi connectivity index (χ4n) is 12.4. The summed E-state index contributed by atoms with van der Waals surface area (Å²) in [6.45, 7) is 19.8. The maximum absolute atomic E-state index is 10.4. The zero-order valence-corrected chi connectivity index (χ0v) is 51.0. The highest BCUT2D eigenvalue weighted by molar-refractivity contribution is 6.10. The Kier molecular flexibility index (Phi) is 10.1. The Hall–Kier alpha value is -10.4. The van der Waals surface area contributed by atoms with Crippen molar-refractivity contribution >= 4 is 32.8 Å². The number of benzene rings is 11. The van der Waals surface area contributed by atoms with Crippen molar-refractivity contribution in [2.24, 2.45) is 0 Å². The predicted octanol–water partition coefficient (Wildman–Crippen LogP) is 21.9. The summed E-state index contributed by atoms with van der Waals surface area (Å²) in [4.78, 5) is 4.92. The van der Waals surface area contributed by atoms with Crippen LogP contribution in [0.4, 0.5) is 0 Å². The van der Waals surface area contributed by atoms with Gasteiger partial charge in [0.15, 0.2) is 0 Å².